The van der Waals surface area contributed by atoms with Crippen LogP contribution in [0.25, 0.3) is 0 Å². The number of hydrogen-bond acceptors (Lipinski definition) is 4. The van der Waals surface area contributed by atoms with E-state index in [4.69, 9.17) is 11.6 Å². The van der Waals surface area contributed by atoms with Crippen LogP contribution in [0.4, 0.5) is 0 Å². The summed E-state index contributed by atoms with van der Waals surface area (Å²) in [6.45, 7) is 5.92. The van der Waals surface area contributed by atoms with Crippen molar-refractivity contribution >= 4 is 39.3 Å². The Labute approximate surface area is 225 Å². The molecule has 1 atom stereocenters. The van der Waals surface area contributed by atoms with Crippen LogP contribution in [0.3, 0.4) is 0 Å². The van der Waals surface area contributed by atoms with Crippen molar-refractivity contribution in [2.75, 3.05) is 39.3 Å². The standard InChI is InChI=1S/C27H33BrClN4O3/c1-18(34)30-8-6-19(7-9-30)14-25(35)31-10-12-32(13-11-31)27-24-5-4-23(29)16-20(24)2-3-21-15-22(28)17-33(36)26(21)27/h4-5,15-17,19,27,36H,2-3,6-14H2,1H3/q+1/t27-/m1/s1. The largest absolute Gasteiger partial charge is 0.343 e. The smallest absolute Gasteiger partial charge is 0.258 e. The van der Waals surface area contributed by atoms with Crippen molar-refractivity contribution < 1.29 is 19.5 Å². The zero-order valence-electron chi connectivity index (χ0n) is 20.6. The number of benzene rings is 1. The number of pyridine rings is 1. The van der Waals surface area contributed by atoms with E-state index in [1.165, 1.54) is 15.9 Å². The van der Waals surface area contributed by atoms with E-state index in [1.54, 1.807) is 13.1 Å². The van der Waals surface area contributed by atoms with Gasteiger partial charge in [0.15, 0.2) is 0 Å². The number of nitrogens with zero attached hydrogens (tertiary/aromatic N) is 4. The Morgan fingerprint density at radius 1 is 1.03 bits per heavy atom. The molecule has 1 aromatic carbocycles. The quantitative estimate of drug-likeness (QED) is 0.448. The van der Waals surface area contributed by atoms with E-state index in [-0.39, 0.29) is 17.9 Å². The molecular formula is C27H33BrClN4O3+. The molecule has 0 unspecified atom stereocenters. The van der Waals surface area contributed by atoms with Gasteiger partial charge >= 0.3 is 0 Å². The van der Waals surface area contributed by atoms with Crippen molar-refractivity contribution in [3.63, 3.8) is 0 Å². The normalized spacial score (nSPS) is 21.0. The lowest BCUT2D eigenvalue weighted by atomic mass is 9.92. The van der Waals surface area contributed by atoms with E-state index in [1.807, 2.05) is 21.9 Å². The summed E-state index contributed by atoms with van der Waals surface area (Å²) in [4.78, 5) is 30.9. The third kappa shape index (κ3) is 5.27. The predicted molar refractivity (Wildman–Crippen MR) is 140 cm³/mol. The lowest BCUT2D eigenvalue weighted by molar-refractivity contribution is -0.911. The molecule has 0 spiro atoms. The van der Waals surface area contributed by atoms with Crippen LogP contribution in [0.5, 0.6) is 0 Å². The fraction of sp³-hybridized carbons (Fsp3) is 0.519. The van der Waals surface area contributed by atoms with Gasteiger partial charge in [0.05, 0.1) is 4.47 Å². The molecule has 192 valence electrons. The fourth-order valence-electron chi connectivity index (χ4n) is 6.01. The van der Waals surface area contributed by atoms with Crippen molar-refractivity contribution in [1.82, 2.24) is 14.7 Å². The Bertz CT molecular complexity index is 1160. The Hall–Kier alpha value is -2.16. The zero-order chi connectivity index (χ0) is 25.4. The first kappa shape index (κ1) is 25.5. The highest BCUT2D eigenvalue weighted by Crippen LogP contribution is 2.37. The van der Waals surface area contributed by atoms with Gasteiger partial charge < -0.3 is 9.80 Å². The summed E-state index contributed by atoms with van der Waals surface area (Å²) in [5.74, 6) is 0.685. The molecule has 7 nitrogen and oxygen atoms in total. The number of hydrogen-bond donors (Lipinski definition) is 1. The maximum atomic E-state index is 13.1. The summed E-state index contributed by atoms with van der Waals surface area (Å²) in [5.41, 5.74) is 4.37. The van der Waals surface area contributed by atoms with Gasteiger partial charge in [-0.25, -0.2) is 0 Å². The average Bonchev–Trinajstić information content (AvgIpc) is 3.01. The topological polar surface area (TPSA) is 68.0 Å². The van der Waals surface area contributed by atoms with Crippen LogP contribution in [0.2, 0.25) is 5.02 Å². The second-order valence-corrected chi connectivity index (χ2v) is 11.6. The summed E-state index contributed by atoms with van der Waals surface area (Å²) in [7, 11) is 0. The highest BCUT2D eigenvalue weighted by Gasteiger charge is 2.39. The van der Waals surface area contributed by atoms with Crippen molar-refractivity contribution in [1.29, 1.82) is 0 Å². The molecule has 1 aromatic heterocycles. The maximum absolute atomic E-state index is 13.1. The first-order valence-electron chi connectivity index (χ1n) is 12.8. The van der Waals surface area contributed by atoms with Crippen LogP contribution < -0.4 is 4.73 Å². The SMILES string of the molecule is CC(=O)N1CCC(CC(=O)N2CCN([C@@H]3c4ccc(Cl)cc4CCc4cc(Br)c[n+](O)c43)CC2)CC1. The molecule has 0 bridgehead atoms. The van der Waals surface area contributed by atoms with Gasteiger partial charge in [-0.3, -0.25) is 19.7 Å². The van der Waals surface area contributed by atoms with Crippen LogP contribution in [-0.2, 0) is 22.4 Å². The predicted octanol–water partition coefficient (Wildman–Crippen LogP) is 3.61. The molecule has 3 heterocycles. The Balaban J connectivity index is 1.31. The molecule has 1 aliphatic carbocycles. The minimum Gasteiger partial charge on any atom is -0.343 e. The second kappa shape index (κ2) is 10.7. The zero-order valence-corrected chi connectivity index (χ0v) is 23.0. The second-order valence-electron chi connectivity index (χ2n) is 10.2. The molecule has 2 aliphatic heterocycles. The molecule has 9 heteroatoms. The highest BCUT2D eigenvalue weighted by molar-refractivity contribution is 9.10. The molecular weight excluding hydrogens is 544 g/mol. The van der Waals surface area contributed by atoms with Gasteiger partial charge in [-0.1, -0.05) is 17.7 Å². The monoisotopic (exact) mass is 575 g/mol. The van der Waals surface area contributed by atoms with E-state index >= 15 is 0 Å². The van der Waals surface area contributed by atoms with Gasteiger partial charge in [-0.2, -0.15) is 0 Å². The number of piperidine rings is 1. The first-order chi connectivity index (χ1) is 17.3. The first-order valence-corrected chi connectivity index (χ1v) is 14.0. The van der Waals surface area contributed by atoms with Crippen LogP contribution in [0, 0.1) is 5.92 Å². The molecule has 2 amide bonds. The van der Waals surface area contributed by atoms with Gasteiger partial charge in [-0.15, -0.1) is 0 Å². The van der Waals surface area contributed by atoms with Crippen molar-refractivity contribution in [3.05, 3.63) is 62.3 Å². The summed E-state index contributed by atoms with van der Waals surface area (Å²) >= 11 is 9.87. The average molecular weight is 577 g/mol. The number of amides is 2. The van der Waals surface area contributed by atoms with Gasteiger partial charge in [0.2, 0.25) is 18.0 Å². The summed E-state index contributed by atoms with van der Waals surface area (Å²) in [6.07, 6.45) is 5.73. The molecule has 36 heavy (non-hydrogen) atoms. The van der Waals surface area contributed by atoms with Crippen molar-refractivity contribution in [2.45, 2.75) is 45.1 Å². The van der Waals surface area contributed by atoms with Crippen LogP contribution in [0.15, 0.2) is 34.9 Å². The Morgan fingerprint density at radius 3 is 2.42 bits per heavy atom. The lowest BCUT2D eigenvalue weighted by Crippen LogP contribution is -2.52. The number of piperazine rings is 1. The lowest BCUT2D eigenvalue weighted by Gasteiger charge is -2.39. The Kier molecular flexibility index (Phi) is 7.56. The number of aromatic nitrogens is 1. The number of aryl methyl sites for hydroxylation is 2. The minimum absolute atomic E-state index is 0.110. The summed E-state index contributed by atoms with van der Waals surface area (Å²) < 4.78 is 2.11. The molecule has 0 radical (unpaired) electrons. The van der Waals surface area contributed by atoms with Crippen molar-refractivity contribution in [2.24, 2.45) is 5.92 Å². The van der Waals surface area contributed by atoms with Gasteiger partial charge in [0.1, 0.15) is 6.04 Å². The minimum atomic E-state index is -0.110. The molecule has 5 rings (SSSR count). The number of carbonyl (C=O) groups excluding carboxylic acids is 2. The molecule has 3 aliphatic rings. The third-order valence-electron chi connectivity index (χ3n) is 8.01. The molecule has 1 N–H and O–H groups in total. The van der Waals surface area contributed by atoms with E-state index in [9.17, 15) is 14.8 Å². The molecule has 2 aromatic rings. The van der Waals surface area contributed by atoms with Crippen molar-refractivity contribution in [3.8, 4) is 0 Å². The number of rotatable bonds is 3. The number of likely N-dealkylation sites (tertiary alicyclic amines) is 1. The van der Waals surface area contributed by atoms with E-state index in [0.717, 1.165) is 72.6 Å². The van der Waals surface area contributed by atoms with Crippen LogP contribution in [-0.4, -0.2) is 71.0 Å². The number of carbonyl (C=O) groups is 2. The highest BCUT2D eigenvalue weighted by atomic mass is 79.9. The van der Waals surface area contributed by atoms with E-state index in [0.29, 0.717) is 25.4 Å². The third-order valence-corrected chi connectivity index (χ3v) is 8.68. The van der Waals surface area contributed by atoms with Gasteiger partial charge in [0.25, 0.3) is 5.69 Å². The van der Waals surface area contributed by atoms with Gasteiger partial charge in [0, 0.05) is 67.9 Å². The molecule has 2 fully saturated rings. The van der Waals surface area contributed by atoms with E-state index in [2.05, 4.69) is 33.0 Å². The fourth-order valence-corrected chi connectivity index (χ4v) is 6.68. The number of halogens is 2. The van der Waals surface area contributed by atoms with E-state index < -0.39 is 0 Å². The molecule has 2 saturated heterocycles. The number of fused-ring (bicyclic) bond motifs is 2. The Morgan fingerprint density at radius 2 is 1.72 bits per heavy atom. The molecule has 0 saturated carbocycles. The maximum Gasteiger partial charge on any atom is 0.258 e. The van der Waals surface area contributed by atoms with Gasteiger partial charge in [-0.05, 0) is 76.9 Å². The van der Waals surface area contributed by atoms with Crippen LogP contribution >= 0.6 is 27.5 Å². The summed E-state index contributed by atoms with van der Waals surface area (Å²) in [5, 5.41) is 11.7. The summed E-state index contributed by atoms with van der Waals surface area (Å²) in [6, 6.07) is 8.05. The van der Waals surface area contributed by atoms with Crippen LogP contribution in [0.1, 0.15) is 54.6 Å².